The van der Waals surface area contributed by atoms with Crippen molar-refractivity contribution in [2.24, 2.45) is 0 Å². The molecule has 80 valence electrons. The van der Waals surface area contributed by atoms with E-state index in [4.69, 9.17) is 4.74 Å². The highest BCUT2D eigenvalue weighted by Crippen LogP contribution is 2.38. The first-order valence-electron chi connectivity index (χ1n) is 4.85. The lowest BCUT2D eigenvalue weighted by Crippen LogP contribution is -2.28. The van der Waals surface area contributed by atoms with Gasteiger partial charge in [0.1, 0.15) is 0 Å². The van der Waals surface area contributed by atoms with Crippen LogP contribution in [0, 0.1) is 0 Å². The van der Waals surface area contributed by atoms with Gasteiger partial charge in [0.25, 0.3) is 0 Å². The third kappa shape index (κ3) is 1.95. The molecule has 4 nitrogen and oxygen atoms in total. The fourth-order valence-corrected chi connectivity index (χ4v) is 1.42. The maximum atomic E-state index is 11.5. The van der Waals surface area contributed by atoms with Gasteiger partial charge in [-0.2, -0.15) is 0 Å². The van der Waals surface area contributed by atoms with Gasteiger partial charge in [0.15, 0.2) is 17.5 Å². The van der Waals surface area contributed by atoms with Crippen molar-refractivity contribution in [2.75, 3.05) is 7.11 Å². The molecule has 0 aromatic rings. The molecule has 0 aliphatic carbocycles. The minimum absolute atomic E-state index is 0.000231. The molecule has 1 aliphatic heterocycles. The van der Waals surface area contributed by atoms with Crippen molar-refractivity contribution in [1.29, 1.82) is 0 Å². The minimum Gasteiger partial charge on any atom is -0.467 e. The van der Waals surface area contributed by atoms with Crippen LogP contribution < -0.4 is 0 Å². The summed E-state index contributed by atoms with van der Waals surface area (Å²) in [5, 5.41) is 0. The predicted molar refractivity (Wildman–Crippen MR) is 49.8 cm³/mol. The molecule has 0 aromatic carbocycles. The van der Waals surface area contributed by atoms with Gasteiger partial charge in [-0.1, -0.05) is 13.3 Å². The Kier molecular flexibility index (Phi) is 3.26. The van der Waals surface area contributed by atoms with E-state index >= 15 is 0 Å². The van der Waals surface area contributed by atoms with Crippen LogP contribution in [0.25, 0.3) is 0 Å². The number of esters is 1. The largest absolute Gasteiger partial charge is 0.467 e. The first-order valence-corrected chi connectivity index (χ1v) is 4.85. The Labute approximate surface area is 83.6 Å². The second-order valence-corrected chi connectivity index (χ2v) is 3.67. The molecule has 1 aliphatic rings. The van der Waals surface area contributed by atoms with Crippen molar-refractivity contribution >= 4 is 11.8 Å². The van der Waals surface area contributed by atoms with Gasteiger partial charge in [-0.15, -0.1) is 0 Å². The summed E-state index contributed by atoms with van der Waals surface area (Å²) in [4.78, 5) is 22.7. The molecule has 0 radical (unpaired) electrons. The number of epoxide rings is 1. The topological polar surface area (TPSA) is 55.9 Å². The first-order chi connectivity index (χ1) is 6.56. The van der Waals surface area contributed by atoms with Gasteiger partial charge < -0.3 is 9.47 Å². The molecule has 0 aromatic heterocycles. The highest BCUT2D eigenvalue weighted by atomic mass is 16.7. The van der Waals surface area contributed by atoms with E-state index in [-0.39, 0.29) is 5.78 Å². The molecule has 1 fully saturated rings. The number of unbranched alkanes of at least 4 members (excludes halogenated alkanes) is 1. The lowest BCUT2D eigenvalue weighted by molar-refractivity contribution is -0.146. The van der Waals surface area contributed by atoms with Crippen LogP contribution in [0.15, 0.2) is 0 Å². The Bertz CT molecular complexity index is 249. The summed E-state index contributed by atoms with van der Waals surface area (Å²) in [7, 11) is 1.29. The molecule has 0 saturated carbocycles. The van der Waals surface area contributed by atoms with Crippen LogP contribution in [0.1, 0.15) is 33.1 Å². The number of rotatable bonds is 5. The molecule has 1 heterocycles. The summed E-state index contributed by atoms with van der Waals surface area (Å²) >= 11 is 0. The normalized spacial score (nSPS) is 29.8. The molecule has 0 N–H and O–H groups in total. The zero-order valence-electron chi connectivity index (χ0n) is 8.83. The monoisotopic (exact) mass is 200 g/mol. The van der Waals surface area contributed by atoms with E-state index in [9.17, 15) is 9.59 Å². The van der Waals surface area contributed by atoms with Gasteiger partial charge in [-0.05, 0) is 13.3 Å². The molecule has 0 unspecified atom stereocenters. The van der Waals surface area contributed by atoms with E-state index in [2.05, 4.69) is 4.74 Å². The number of hydrogen-bond donors (Lipinski definition) is 0. The van der Waals surface area contributed by atoms with E-state index in [0.717, 1.165) is 12.8 Å². The SMILES string of the molecule is CCCCC(=O)[C@H]1O[C@@]1(C)C(=O)OC. The van der Waals surface area contributed by atoms with Crippen LogP contribution in [-0.2, 0) is 19.1 Å². The first kappa shape index (κ1) is 11.2. The average Bonchev–Trinajstić information content (AvgIpc) is 2.87. The number of ether oxygens (including phenoxy) is 2. The number of Topliss-reactive ketones (excluding diaryl/α,β-unsaturated/α-hetero) is 1. The third-order valence-electron chi connectivity index (χ3n) is 2.47. The molecule has 0 spiro atoms. The minimum atomic E-state index is -1.01. The molecular weight excluding hydrogens is 184 g/mol. The summed E-state index contributed by atoms with van der Waals surface area (Å²) in [6.07, 6.45) is 1.71. The Hall–Kier alpha value is -0.900. The lowest BCUT2D eigenvalue weighted by Gasteiger charge is -2.02. The van der Waals surface area contributed by atoms with Crippen molar-refractivity contribution in [2.45, 2.75) is 44.8 Å². The summed E-state index contributed by atoms with van der Waals surface area (Å²) in [5.74, 6) is -0.466. The fraction of sp³-hybridized carbons (Fsp3) is 0.800. The highest BCUT2D eigenvalue weighted by Gasteiger charge is 2.63. The summed E-state index contributed by atoms with van der Waals surface area (Å²) in [6.45, 7) is 3.61. The number of methoxy groups -OCH3 is 1. The van der Waals surface area contributed by atoms with Crippen LogP contribution >= 0.6 is 0 Å². The fourth-order valence-electron chi connectivity index (χ4n) is 1.42. The van der Waals surface area contributed by atoms with Crippen LogP contribution in [0.3, 0.4) is 0 Å². The molecule has 0 amide bonds. The molecule has 2 atom stereocenters. The van der Waals surface area contributed by atoms with Crippen LogP contribution in [0.2, 0.25) is 0 Å². The van der Waals surface area contributed by atoms with Crippen molar-refractivity contribution in [3.63, 3.8) is 0 Å². The maximum Gasteiger partial charge on any atom is 0.341 e. The maximum absolute atomic E-state index is 11.5. The smallest absolute Gasteiger partial charge is 0.341 e. The van der Waals surface area contributed by atoms with E-state index in [1.54, 1.807) is 6.92 Å². The van der Waals surface area contributed by atoms with Gasteiger partial charge in [0, 0.05) is 6.42 Å². The van der Waals surface area contributed by atoms with Crippen LogP contribution in [-0.4, -0.2) is 30.6 Å². The zero-order valence-corrected chi connectivity index (χ0v) is 8.83. The quantitative estimate of drug-likeness (QED) is 0.492. The van der Waals surface area contributed by atoms with Crippen molar-refractivity contribution in [1.82, 2.24) is 0 Å². The standard InChI is InChI=1S/C10H16O4/c1-4-5-6-7(11)8-10(2,14-8)9(12)13-3/h8H,4-6H2,1-3H3/t8-,10-/m1/s1. The Morgan fingerprint density at radius 2 is 2.14 bits per heavy atom. The molecule has 4 heteroatoms. The van der Waals surface area contributed by atoms with Crippen molar-refractivity contribution in [3.05, 3.63) is 0 Å². The third-order valence-corrected chi connectivity index (χ3v) is 2.47. The van der Waals surface area contributed by atoms with Crippen molar-refractivity contribution < 1.29 is 19.1 Å². The van der Waals surface area contributed by atoms with Crippen LogP contribution in [0.5, 0.6) is 0 Å². The molecule has 0 bridgehead atoms. The predicted octanol–water partition coefficient (Wildman–Crippen LogP) is 1.08. The highest BCUT2D eigenvalue weighted by molar-refractivity contribution is 5.97. The Morgan fingerprint density at radius 1 is 1.50 bits per heavy atom. The van der Waals surface area contributed by atoms with Gasteiger partial charge >= 0.3 is 5.97 Å². The average molecular weight is 200 g/mol. The Balaban J connectivity index is 2.44. The number of carbonyl (C=O) groups is 2. The number of carbonyl (C=O) groups excluding carboxylic acids is 2. The number of ketones is 1. The lowest BCUT2D eigenvalue weighted by atomic mass is 10.0. The van der Waals surface area contributed by atoms with Gasteiger partial charge in [-0.25, -0.2) is 4.79 Å². The molecule has 1 rings (SSSR count). The number of hydrogen-bond acceptors (Lipinski definition) is 4. The van der Waals surface area contributed by atoms with Gasteiger partial charge in [0.2, 0.25) is 0 Å². The summed E-state index contributed by atoms with van der Waals surface area (Å²) in [6, 6.07) is 0. The van der Waals surface area contributed by atoms with E-state index in [0.29, 0.717) is 6.42 Å². The molecule has 1 saturated heterocycles. The van der Waals surface area contributed by atoms with Gasteiger partial charge in [-0.3, -0.25) is 4.79 Å². The van der Waals surface area contributed by atoms with Crippen molar-refractivity contribution in [3.8, 4) is 0 Å². The van der Waals surface area contributed by atoms with E-state index in [1.807, 2.05) is 6.92 Å². The van der Waals surface area contributed by atoms with E-state index < -0.39 is 17.7 Å². The van der Waals surface area contributed by atoms with E-state index in [1.165, 1.54) is 7.11 Å². The summed E-state index contributed by atoms with van der Waals surface area (Å²) in [5.41, 5.74) is -1.01. The molecular formula is C10H16O4. The van der Waals surface area contributed by atoms with Crippen LogP contribution in [0.4, 0.5) is 0 Å². The second kappa shape index (κ2) is 4.09. The zero-order chi connectivity index (χ0) is 10.8. The van der Waals surface area contributed by atoms with Gasteiger partial charge in [0.05, 0.1) is 7.11 Å². The summed E-state index contributed by atoms with van der Waals surface area (Å²) < 4.78 is 9.64. The second-order valence-electron chi connectivity index (χ2n) is 3.67. The molecule has 14 heavy (non-hydrogen) atoms. The Morgan fingerprint density at radius 3 is 2.64 bits per heavy atom.